The molecule has 0 radical (unpaired) electrons. The zero-order valence-electron chi connectivity index (χ0n) is 14.4. The van der Waals surface area contributed by atoms with Crippen LogP contribution in [0.4, 0.5) is 0 Å². The Kier molecular flexibility index (Phi) is 6.87. The fourth-order valence-corrected chi connectivity index (χ4v) is 1.32. The van der Waals surface area contributed by atoms with E-state index in [1.54, 1.807) is 41.5 Å². The molecular formula is C16H30O5. The normalized spacial score (nSPS) is 13.0. The van der Waals surface area contributed by atoms with E-state index >= 15 is 0 Å². The number of aliphatic hydroxyl groups is 1. The third kappa shape index (κ3) is 6.46. The Morgan fingerprint density at radius 3 is 1.38 bits per heavy atom. The van der Waals surface area contributed by atoms with E-state index in [1.165, 1.54) is 0 Å². The molecule has 1 N–H and O–H groups in total. The lowest BCUT2D eigenvalue weighted by Crippen LogP contribution is -2.40. The third-order valence-electron chi connectivity index (χ3n) is 3.33. The van der Waals surface area contributed by atoms with Crippen LogP contribution in [-0.4, -0.2) is 36.9 Å². The predicted octanol–water partition coefficient (Wildman–Crippen LogP) is 2.55. The molecular weight excluding hydrogens is 272 g/mol. The maximum Gasteiger partial charge on any atom is 0.311 e. The molecule has 0 aromatic heterocycles. The highest BCUT2D eigenvalue weighted by Gasteiger charge is 2.35. The van der Waals surface area contributed by atoms with E-state index in [0.29, 0.717) is 6.42 Å². The average molecular weight is 302 g/mol. The molecule has 0 aliphatic heterocycles. The molecule has 0 spiro atoms. The first-order valence-electron chi connectivity index (χ1n) is 7.33. The summed E-state index contributed by atoms with van der Waals surface area (Å²) < 4.78 is 10.6. The maximum atomic E-state index is 11.8. The Labute approximate surface area is 128 Å². The van der Waals surface area contributed by atoms with Crippen LogP contribution in [0.3, 0.4) is 0 Å². The fourth-order valence-electron chi connectivity index (χ4n) is 1.32. The van der Waals surface area contributed by atoms with Crippen molar-refractivity contribution < 1.29 is 24.2 Å². The summed E-state index contributed by atoms with van der Waals surface area (Å²) in [4.78, 5) is 23.7. The van der Waals surface area contributed by atoms with E-state index in [0.717, 1.165) is 0 Å². The van der Waals surface area contributed by atoms with Crippen LogP contribution in [0.25, 0.3) is 0 Å². The molecule has 0 aromatic carbocycles. The zero-order valence-corrected chi connectivity index (χ0v) is 14.4. The van der Waals surface area contributed by atoms with Gasteiger partial charge in [-0.25, -0.2) is 0 Å². The van der Waals surface area contributed by atoms with Gasteiger partial charge >= 0.3 is 11.9 Å². The second kappa shape index (κ2) is 7.25. The Morgan fingerprint density at radius 2 is 1.19 bits per heavy atom. The molecule has 0 fully saturated rings. The SMILES string of the molecule is CCC(CO)(COC(=O)C(C)(C)C)COC(=O)C(C)(C)C. The number of hydrogen-bond acceptors (Lipinski definition) is 5. The van der Waals surface area contributed by atoms with Crippen LogP contribution >= 0.6 is 0 Å². The highest BCUT2D eigenvalue weighted by molar-refractivity contribution is 5.76. The minimum absolute atomic E-state index is 0.0352. The molecule has 0 unspecified atom stereocenters. The molecule has 0 saturated heterocycles. The van der Waals surface area contributed by atoms with Gasteiger partial charge < -0.3 is 14.6 Å². The maximum absolute atomic E-state index is 11.8. The second-order valence-electron chi connectivity index (χ2n) is 7.66. The Hall–Kier alpha value is -1.10. The van der Waals surface area contributed by atoms with Gasteiger partial charge in [0.15, 0.2) is 0 Å². The number of aliphatic hydroxyl groups excluding tert-OH is 1. The predicted molar refractivity (Wildman–Crippen MR) is 80.6 cm³/mol. The lowest BCUT2D eigenvalue weighted by molar-refractivity contribution is -0.166. The van der Waals surface area contributed by atoms with Crippen LogP contribution in [-0.2, 0) is 19.1 Å². The first-order valence-corrected chi connectivity index (χ1v) is 7.33. The van der Waals surface area contributed by atoms with E-state index in [2.05, 4.69) is 0 Å². The molecule has 0 rings (SSSR count). The van der Waals surface area contributed by atoms with Crippen molar-refractivity contribution >= 4 is 11.9 Å². The van der Waals surface area contributed by atoms with Crippen molar-refractivity contribution in [3.8, 4) is 0 Å². The molecule has 0 aliphatic carbocycles. The molecule has 5 nitrogen and oxygen atoms in total. The lowest BCUT2D eigenvalue weighted by Gasteiger charge is -2.31. The smallest absolute Gasteiger partial charge is 0.311 e. The molecule has 0 atom stereocenters. The van der Waals surface area contributed by atoms with Gasteiger partial charge in [-0.05, 0) is 48.0 Å². The van der Waals surface area contributed by atoms with Gasteiger partial charge in [0.2, 0.25) is 0 Å². The number of carbonyl (C=O) groups is 2. The van der Waals surface area contributed by atoms with Crippen LogP contribution in [0.5, 0.6) is 0 Å². The summed E-state index contributed by atoms with van der Waals surface area (Å²) in [6.07, 6.45) is 0.540. The summed E-state index contributed by atoms with van der Waals surface area (Å²) in [5.74, 6) is -0.674. The third-order valence-corrected chi connectivity index (χ3v) is 3.33. The van der Waals surface area contributed by atoms with Crippen molar-refractivity contribution in [3.05, 3.63) is 0 Å². The number of rotatable bonds is 6. The van der Waals surface area contributed by atoms with Crippen LogP contribution < -0.4 is 0 Å². The van der Waals surface area contributed by atoms with E-state index in [1.807, 2.05) is 6.92 Å². The van der Waals surface area contributed by atoms with Crippen LogP contribution in [0, 0.1) is 16.2 Å². The molecule has 0 aromatic rings. The first kappa shape index (κ1) is 19.9. The molecule has 0 saturated carbocycles. The van der Waals surface area contributed by atoms with Crippen molar-refractivity contribution in [1.82, 2.24) is 0 Å². The molecule has 0 bridgehead atoms. The quantitative estimate of drug-likeness (QED) is 0.763. The van der Waals surface area contributed by atoms with E-state index < -0.39 is 16.2 Å². The molecule has 0 amide bonds. The van der Waals surface area contributed by atoms with Crippen molar-refractivity contribution in [3.63, 3.8) is 0 Å². The molecule has 124 valence electrons. The number of carbonyl (C=O) groups excluding carboxylic acids is 2. The summed E-state index contributed by atoms with van der Waals surface area (Å²) in [6, 6.07) is 0. The number of hydrogen-bond donors (Lipinski definition) is 1. The molecule has 5 heteroatoms. The number of esters is 2. The van der Waals surface area contributed by atoms with Gasteiger partial charge in [0, 0.05) is 0 Å². The van der Waals surface area contributed by atoms with Crippen molar-refractivity contribution in [2.45, 2.75) is 54.9 Å². The largest absolute Gasteiger partial charge is 0.464 e. The summed E-state index contributed by atoms with van der Waals surface area (Å²) in [5, 5.41) is 9.63. The van der Waals surface area contributed by atoms with Gasteiger partial charge in [-0.15, -0.1) is 0 Å². The van der Waals surface area contributed by atoms with Crippen molar-refractivity contribution in [2.24, 2.45) is 16.2 Å². The summed E-state index contributed by atoms with van der Waals surface area (Å²) in [7, 11) is 0. The summed E-state index contributed by atoms with van der Waals surface area (Å²) in [5.41, 5.74) is -1.95. The lowest BCUT2D eigenvalue weighted by atomic mass is 9.87. The van der Waals surface area contributed by atoms with E-state index in [9.17, 15) is 14.7 Å². The first-order chi connectivity index (χ1) is 9.38. The minimum Gasteiger partial charge on any atom is -0.464 e. The van der Waals surface area contributed by atoms with Gasteiger partial charge in [-0.1, -0.05) is 6.92 Å². The monoisotopic (exact) mass is 302 g/mol. The molecule has 0 heterocycles. The van der Waals surface area contributed by atoms with E-state index in [4.69, 9.17) is 9.47 Å². The zero-order chi connectivity index (χ0) is 16.9. The highest BCUT2D eigenvalue weighted by atomic mass is 16.6. The molecule has 0 aliphatic rings. The second-order valence-corrected chi connectivity index (χ2v) is 7.66. The van der Waals surface area contributed by atoms with Gasteiger partial charge in [-0.2, -0.15) is 0 Å². The number of ether oxygens (including phenoxy) is 2. The van der Waals surface area contributed by atoms with E-state index in [-0.39, 0.29) is 31.8 Å². The Morgan fingerprint density at radius 1 is 0.857 bits per heavy atom. The average Bonchev–Trinajstić information content (AvgIpc) is 2.36. The van der Waals surface area contributed by atoms with Crippen molar-refractivity contribution in [2.75, 3.05) is 19.8 Å². The van der Waals surface area contributed by atoms with Gasteiger partial charge in [0.1, 0.15) is 13.2 Å². The van der Waals surface area contributed by atoms with Gasteiger partial charge in [0.25, 0.3) is 0 Å². The topological polar surface area (TPSA) is 72.8 Å². The Balaban J connectivity index is 4.71. The van der Waals surface area contributed by atoms with Crippen LogP contribution in [0.1, 0.15) is 54.9 Å². The van der Waals surface area contributed by atoms with Crippen LogP contribution in [0.15, 0.2) is 0 Å². The van der Waals surface area contributed by atoms with Gasteiger partial charge in [0.05, 0.1) is 22.9 Å². The van der Waals surface area contributed by atoms with Crippen molar-refractivity contribution in [1.29, 1.82) is 0 Å². The summed E-state index contributed by atoms with van der Waals surface area (Å²) >= 11 is 0. The summed E-state index contributed by atoms with van der Waals surface area (Å²) in [6.45, 7) is 12.3. The fraction of sp³-hybridized carbons (Fsp3) is 0.875. The minimum atomic E-state index is -0.748. The van der Waals surface area contributed by atoms with Crippen LogP contribution in [0.2, 0.25) is 0 Å². The molecule has 21 heavy (non-hydrogen) atoms. The standard InChI is InChI=1S/C16H30O5/c1-8-16(9-17,10-20-12(18)14(2,3)4)11-21-13(19)15(5,6)7/h17H,8-11H2,1-7H3. The van der Waals surface area contributed by atoms with Gasteiger partial charge in [-0.3, -0.25) is 9.59 Å². The Bertz CT molecular complexity index is 324. The highest BCUT2D eigenvalue weighted by Crippen LogP contribution is 2.26.